The molecule has 1 N–H and O–H groups in total. The summed E-state index contributed by atoms with van der Waals surface area (Å²) >= 11 is 0. The molecule has 1 heterocycles. The van der Waals surface area contributed by atoms with E-state index >= 15 is 0 Å². The number of hydrogen-bond acceptors (Lipinski definition) is 4. The number of nitrogens with one attached hydrogen (secondary N) is 1. The Kier molecular flexibility index (Phi) is 5.06. The Hall–Kier alpha value is -2.88. The largest absolute Gasteiger partial charge is 0.363 e. The number of anilines is 2. The van der Waals surface area contributed by atoms with E-state index in [0.717, 1.165) is 18.2 Å². The zero-order valence-electron chi connectivity index (χ0n) is 14.1. The van der Waals surface area contributed by atoms with Gasteiger partial charge in [-0.1, -0.05) is 60.7 Å². The van der Waals surface area contributed by atoms with E-state index in [1.807, 2.05) is 37.4 Å². The van der Waals surface area contributed by atoms with Gasteiger partial charge in [-0.25, -0.2) is 9.97 Å². The summed E-state index contributed by atoms with van der Waals surface area (Å²) in [5.74, 6) is 1.73. The van der Waals surface area contributed by atoms with Gasteiger partial charge in [-0.3, -0.25) is 0 Å². The molecule has 4 heteroatoms. The number of hydrogen-bond donors (Lipinski definition) is 1. The molecule has 0 saturated heterocycles. The summed E-state index contributed by atoms with van der Waals surface area (Å²) in [5.41, 5.74) is 2.49. The first-order valence-corrected chi connectivity index (χ1v) is 8.11. The van der Waals surface area contributed by atoms with Crippen LogP contribution in [0.4, 0.5) is 11.6 Å². The van der Waals surface area contributed by atoms with Crippen molar-refractivity contribution in [2.45, 2.75) is 19.5 Å². The van der Waals surface area contributed by atoms with Crippen LogP contribution in [0.2, 0.25) is 0 Å². The summed E-state index contributed by atoms with van der Waals surface area (Å²) in [6.07, 6.45) is 1.61. The Balaban J connectivity index is 1.69. The summed E-state index contributed by atoms with van der Waals surface area (Å²) in [6.45, 7) is 2.94. The zero-order valence-corrected chi connectivity index (χ0v) is 14.1. The number of benzene rings is 2. The average Bonchev–Trinajstić information content (AvgIpc) is 2.63. The van der Waals surface area contributed by atoms with Crippen LogP contribution in [0.1, 0.15) is 24.1 Å². The van der Waals surface area contributed by atoms with Crippen molar-refractivity contribution in [1.29, 1.82) is 0 Å². The van der Waals surface area contributed by atoms with Gasteiger partial charge in [0, 0.05) is 25.7 Å². The lowest BCUT2D eigenvalue weighted by Crippen LogP contribution is -2.18. The van der Waals surface area contributed by atoms with Crippen LogP contribution in [0.5, 0.6) is 0 Å². The van der Waals surface area contributed by atoms with Crippen LogP contribution >= 0.6 is 0 Å². The van der Waals surface area contributed by atoms with Crippen molar-refractivity contribution in [3.05, 3.63) is 84.2 Å². The molecule has 2 aromatic carbocycles. The Bertz CT molecular complexity index is 759. The fourth-order valence-electron chi connectivity index (χ4n) is 2.62. The minimum Gasteiger partial charge on any atom is -0.363 e. The summed E-state index contributed by atoms with van der Waals surface area (Å²) in [4.78, 5) is 10.9. The van der Waals surface area contributed by atoms with Gasteiger partial charge >= 0.3 is 0 Å². The van der Waals surface area contributed by atoms with E-state index in [-0.39, 0.29) is 6.04 Å². The predicted octanol–water partition coefficient (Wildman–Crippen LogP) is 4.29. The van der Waals surface area contributed by atoms with Crippen LogP contribution in [0.3, 0.4) is 0 Å². The van der Waals surface area contributed by atoms with Gasteiger partial charge in [-0.05, 0) is 18.1 Å². The Labute approximate surface area is 143 Å². The molecular formula is C20H22N4. The van der Waals surface area contributed by atoms with Crippen molar-refractivity contribution in [3.63, 3.8) is 0 Å². The zero-order chi connectivity index (χ0) is 16.8. The van der Waals surface area contributed by atoms with Gasteiger partial charge in [0.25, 0.3) is 0 Å². The van der Waals surface area contributed by atoms with E-state index in [0.29, 0.717) is 0 Å². The third-order valence-electron chi connectivity index (χ3n) is 3.97. The summed E-state index contributed by atoms with van der Waals surface area (Å²) < 4.78 is 0. The standard InChI is InChI=1S/C20H22N4/c1-16(18-11-7-4-8-12-18)23-19-13-20(22-15-21-19)24(2)14-17-9-5-3-6-10-17/h3-13,15-16H,14H2,1-2H3,(H,21,22,23). The highest BCUT2D eigenvalue weighted by atomic mass is 15.2. The number of rotatable bonds is 6. The Morgan fingerprint density at radius 2 is 1.62 bits per heavy atom. The molecule has 0 amide bonds. The van der Waals surface area contributed by atoms with E-state index in [9.17, 15) is 0 Å². The van der Waals surface area contributed by atoms with E-state index in [1.54, 1.807) is 6.33 Å². The molecule has 0 saturated carbocycles. The van der Waals surface area contributed by atoms with Crippen molar-refractivity contribution in [2.75, 3.05) is 17.3 Å². The summed E-state index contributed by atoms with van der Waals surface area (Å²) in [6, 6.07) is 22.9. The quantitative estimate of drug-likeness (QED) is 0.736. The van der Waals surface area contributed by atoms with E-state index in [1.165, 1.54) is 11.1 Å². The van der Waals surface area contributed by atoms with Gasteiger partial charge in [0.15, 0.2) is 0 Å². The van der Waals surface area contributed by atoms with Gasteiger partial charge < -0.3 is 10.2 Å². The lowest BCUT2D eigenvalue weighted by molar-refractivity contribution is 0.860. The van der Waals surface area contributed by atoms with Crippen molar-refractivity contribution < 1.29 is 0 Å². The maximum atomic E-state index is 4.39. The predicted molar refractivity (Wildman–Crippen MR) is 99.1 cm³/mol. The first kappa shape index (κ1) is 16.0. The first-order chi connectivity index (χ1) is 11.7. The highest BCUT2D eigenvalue weighted by Gasteiger charge is 2.08. The summed E-state index contributed by atoms with van der Waals surface area (Å²) in [7, 11) is 2.04. The fourth-order valence-corrected chi connectivity index (χ4v) is 2.62. The van der Waals surface area contributed by atoms with E-state index < -0.39 is 0 Å². The van der Waals surface area contributed by atoms with Crippen LogP contribution in [0.15, 0.2) is 73.1 Å². The SMILES string of the molecule is CC(Nc1cc(N(C)Cc2ccccc2)ncn1)c1ccccc1. The molecule has 4 nitrogen and oxygen atoms in total. The lowest BCUT2D eigenvalue weighted by atomic mass is 10.1. The monoisotopic (exact) mass is 318 g/mol. The second-order valence-electron chi connectivity index (χ2n) is 5.88. The molecule has 1 unspecified atom stereocenters. The molecule has 0 radical (unpaired) electrons. The normalized spacial score (nSPS) is 11.8. The van der Waals surface area contributed by atoms with E-state index in [4.69, 9.17) is 0 Å². The van der Waals surface area contributed by atoms with Crippen LogP contribution in [0, 0.1) is 0 Å². The lowest BCUT2D eigenvalue weighted by Gasteiger charge is -2.20. The molecule has 24 heavy (non-hydrogen) atoms. The third kappa shape index (κ3) is 4.10. The summed E-state index contributed by atoms with van der Waals surface area (Å²) in [5, 5.41) is 3.44. The molecule has 0 bridgehead atoms. The maximum Gasteiger partial charge on any atom is 0.134 e. The van der Waals surface area contributed by atoms with Gasteiger partial charge in [0.05, 0.1) is 0 Å². The van der Waals surface area contributed by atoms with Crippen molar-refractivity contribution >= 4 is 11.6 Å². The number of aromatic nitrogens is 2. The van der Waals surface area contributed by atoms with Crippen LogP contribution in [0.25, 0.3) is 0 Å². The van der Waals surface area contributed by atoms with Crippen molar-refractivity contribution in [1.82, 2.24) is 9.97 Å². The molecule has 1 aromatic heterocycles. The second-order valence-corrected chi connectivity index (χ2v) is 5.88. The van der Waals surface area contributed by atoms with Gasteiger partial charge in [0.2, 0.25) is 0 Å². The molecule has 3 aromatic rings. The average molecular weight is 318 g/mol. The second kappa shape index (κ2) is 7.59. The molecule has 0 aliphatic rings. The molecule has 3 rings (SSSR count). The third-order valence-corrected chi connectivity index (χ3v) is 3.97. The number of nitrogens with zero attached hydrogens (tertiary/aromatic N) is 3. The molecule has 1 atom stereocenters. The van der Waals surface area contributed by atoms with E-state index in [2.05, 4.69) is 63.5 Å². The molecule has 0 aliphatic heterocycles. The topological polar surface area (TPSA) is 41.0 Å². The van der Waals surface area contributed by atoms with Gasteiger partial charge in [-0.15, -0.1) is 0 Å². The molecule has 122 valence electrons. The minimum atomic E-state index is 0.188. The molecule has 0 spiro atoms. The van der Waals surface area contributed by atoms with Crippen LogP contribution < -0.4 is 10.2 Å². The van der Waals surface area contributed by atoms with Crippen LogP contribution in [-0.4, -0.2) is 17.0 Å². The van der Waals surface area contributed by atoms with Crippen LogP contribution in [-0.2, 0) is 6.54 Å². The Morgan fingerprint density at radius 3 is 2.33 bits per heavy atom. The Morgan fingerprint density at radius 1 is 0.958 bits per heavy atom. The fraction of sp³-hybridized carbons (Fsp3) is 0.200. The molecular weight excluding hydrogens is 296 g/mol. The first-order valence-electron chi connectivity index (χ1n) is 8.11. The van der Waals surface area contributed by atoms with Crippen molar-refractivity contribution in [3.8, 4) is 0 Å². The molecule has 0 fully saturated rings. The maximum absolute atomic E-state index is 4.39. The highest BCUT2D eigenvalue weighted by molar-refractivity contribution is 5.49. The minimum absolute atomic E-state index is 0.188. The van der Waals surface area contributed by atoms with Crippen molar-refractivity contribution in [2.24, 2.45) is 0 Å². The molecule has 0 aliphatic carbocycles. The van der Waals surface area contributed by atoms with Gasteiger partial charge in [0.1, 0.15) is 18.0 Å². The highest BCUT2D eigenvalue weighted by Crippen LogP contribution is 2.20. The smallest absolute Gasteiger partial charge is 0.134 e. The van der Waals surface area contributed by atoms with Gasteiger partial charge in [-0.2, -0.15) is 0 Å².